The van der Waals surface area contributed by atoms with Crippen molar-refractivity contribution < 1.29 is 4.42 Å². The molecule has 0 atom stereocenters. The Morgan fingerprint density at radius 3 is 2.86 bits per heavy atom. The fourth-order valence-corrected chi connectivity index (χ4v) is 3.60. The maximum atomic E-state index is 5.99. The number of fused-ring (bicyclic) bond motifs is 3. The molecule has 0 N–H and O–H groups in total. The molecule has 0 amide bonds. The Morgan fingerprint density at radius 1 is 1.18 bits per heavy atom. The Bertz CT molecular complexity index is 957. The third kappa shape index (κ3) is 2.05. The number of hydrogen-bond acceptors (Lipinski definition) is 5. The number of hydrogen-bond donors (Lipinski definition) is 0. The SMILES string of the molecule is Cc1ccsc1CN(C)c1ncnc2c1oc1ccccc12. The highest BCUT2D eigenvalue weighted by Gasteiger charge is 2.16. The summed E-state index contributed by atoms with van der Waals surface area (Å²) >= 11 is 1.77. The van der Waals surface area contributed by atoms with Crippen LogP contribution in [0.2, 0.25) is 0 Å². The van der Waals surface area contributed by atoms with Gasteiger partial charge < -0.3 is 9.32 Å². The van der Waals surface area contributed by atoms with Crippen molar-refractivity contribution in [1.29, 1.82) is 0 Å². The van der Waals surface area contributed by atoms with Crippen LogP contribution in [0.1, 0.15) is 10.4 Å². The zero-order valence-corrected chi connectivity index (χ0v) is 13.2. The molecule has 4 nitrogen and oxygen atoms in total. The average Bonchev–Trinajstić information content (AvgIpc) is 3.10. The lowest BCUT2D eigenvalue weighted by molar-refractivity contribution is 0.662. The third-order valence-electron chi connectivity index (χ3n) is 3.85. The minimum absolute atomic E-state index is 0.750. The Hall–Kier alpha value is -2.40. The first-order valence-corrected chi connectivity index (χ1v) is 7.98. The highest BCUT2D eigenvalue weighted by Crippen LogP contribution is 2.32. The van der Waals surface area contributed by atoms with Crippen molar-refractivity contribution >= 4 is 39.2 Å². The van der Waals surface area contributed by atoms with Gasteiger partial charge in [0.05, 0.1) is 6.54 Å². The van der Waals surface area contributed by atoms with Crippen molar-refractivity contribution in [2.45, 2.75) is 13.5 Å². The van der Waals surface area contributed by atoms with Crippen LogP contribution in [0.15, 0.2) is 46.5 Å². The van der Waals surface area contributed by atoms with Gasteiger partial charge in [0.25, 0.3) is 0 Å². The summed E-state index contributed by atoms with van der Waals surface area (Å²) < 4.78 is 5.99. The molecular formula is C17H15N3OS. The van der Waals surface area contributed by atoms with Crippen LogP contribution in [0.5, 0.6) is 0 Å². The number of nitrogens with zero attached hydrogens (tertiary/aromatic N) is 3. The molecule has 3 aromatic heterocycles. The second-order valence-electron chi connectivity index (χ2n) is 5.36. The molecule has 0 saturated carbocycles. The highest BCUT2D eigenvalue weighted by molar-refractivity contribution is 7.10. The molecule has 0 aliphatic heterocycles. The van der Waals surface area contributed by atoms with Gasteiger partial charge in [-0.05, 0) is 36.1 Å². The van der Waals surface area contributed by atoms with Crippen LogP contribution in [0, 0.1) is 6.92 Å². The Kier molecular flexibility index (Phi) is 3.08. The summed E-state index contributed by atoms with van der Waals surface area (Å²) in [7, 11) is 2.04. The van der Waals surface area contributed by atoms with Crippen molar-refractivity contribution in [1.82, 2.24) is 9.97 Å². The number of aromatic nitrogens is 2. The quantitative estimate of drug-likeness (QED) is 0.563. The Labute approximate surface area is 132 Å². The molecule has 4 aromatic rings. The van der Waals surface area contributed by atoms with Crippen LogP contribution in [-0.4, -0.2) is 17.0 Å². The largest absolute Gasteiger partial charge is 0.450 e. The van der Waals surface area contributed by atoms with Gasteiger partial charge in [-0.1, -0.05) is 12.1 Å². The lowest BCUT2D eigenvalue weighted by Crippen LogP contribution is -2.17. The molecule has 0 radical (unpaired) electrons. The lowest BCUT2D eigenvalue weighted by atomic mass is 10.2. The maximum absolute atomic E-state index is 5.99. The van der Waals surface area contributed by atoms with Crippen LogP contribution in [-0.2, 0) is 6.54 Å². The molecule has 0 aliphatic carbocycles. The van der Waals surface area contributed by atoms with Crippen molar-refractivity contribution in [2.75, 3.05) is 11.9 Å². The van der Waals surface area contributed by atoms with E-state index in [1.165, 1.54) is 10.4 Å². The highest BCUT2D eigenvalue weighted by atomic mass is 32.1. The second kappa shape index (κ2) is 5.10. The lowest BCUT2D eigenvalue weighted by Gasteiger charge is -2.17. The van der Waals surface area contributed by atoms with Gasteiger partial charge in [-0.2, -0.15) is 0 Å². The van der Waals surface area contributed by atoms with Crippen molar-refractivity contribution in [3.63, 3.8) is 0 Å². The molecule has 0 saturated heterocycles. The molecule has 0 unspecified atom stereocenters. The van der Waals surface area contributed by atoms with E-state index in [1.807, 2.05) is 31.3 Å². The molecule has 22 heavy (non-hydrogen) atoms. The molecule has 0 fully saturated rings. The van der Waals surface area contributed by atoms with Gasteiger partial charge in [0.15, 0.2) is 11.4 Å². The Morgan fingerprint density at radius 2 is 2.05 bits per heavy atom. The van der Waals surface area contributed by atoms with Crippen molar-refractivity contribution in [3.05, 3.63) is 52.5 Å². The number of thiophene rings is 1. The van der Waals surface area contributed by atoms with Gasteiger partial charge in [0, 0.05) is 17.3 Å². The van der Waals surface area contributed by atoms with E-state index in [0.717, 1.165) is 34.4 Å². The van der Waals surface area contributed by atoms with E-state index in [-0.39, 0.29) is 0 Å². The number of furan rings is 1. The molecule has 0 aliphatic rings. The minimum atomic E-state index is 0.750. The summed E-state index contributed by atoms with van der Waals surface area (Å²) in [5.74, 6) is 0.828. The number of aryl methyl sites for hydroxylation is 1. The Balaban J connectivity index is 1.82. The summed E-state index contributed by atoms with van der Waals surface area (Å²) in [4.78, 5) is 12.3. The molecule has 3 heterocycles. The molecule has 0 spiro atoms. The smallest absolute Gasteiger partial charge is 0.196 e. The van der Waals surface area contributed by atoms with Crippen LogP contribution < -0.4 is 4.90 Å². The first kappa shape index (κ1) is 13.3. The van der Waals surface area contributed by atoms with Gasteiger partial charge >= 0.3 is 0 Å². The van der Waals surface area contributed by atoms with Gasteiger partial charge in [-0.15, -0.1) is 11.3 Å². The first-order valence-electron chi connectivity index (χ1n) is 7.10. The average molecular weight is 309 g/mol. The van der Waals surface area contributed by atoms with Crippen molar-refractivity contribution in [2.24, 2.45) is 0 Å². The fraction of sp³-hybridized carbons (Fsp3) is 0.176. The summed E-state index contributed by atoms with van der Waals surface area (Å²) in [6, 6.07) is 10.1. The van der Waals surface area contributed by atoms with Gasteiger partial charge in [0.1, 0.15) is 17.4 Å². The summed E-state index contributed by atoms with van der Waals surface area (Å²) in [6.45, 7) is 2.95. The zero-order valence-electron chi connectivity index (χ0n) is 12.4. The molecule has 4 rings (SSSR count). The maximum Gasteiger partial charge on any atom is 0.196 e. The molecule has 110 valence electrons. The second-order valence-corrected chi connectivity index (χ2v) is 6.36. The van der Waals surface area contributed by atoms with Crippen LogP contribution >= 0.6 is 11.3 Å². The molecular weight excluding hydrogens is 294 g/mol. The number of rotatable bonds is 3. The standard InChI is InChI=1S/C17H15N3OS/c1-11-7-8-22-14(11)9-20(2)17-16-15(18-10-19-17)12-5-3-4-6-13(12)21-16/h3-8,10H,9H2,1-2H3. The van der Waals surface area contributed by atoms with E-state index in [1.54, 1.807) is 17.7 Å². The van der Waals surface area contributed by atoms with Gasteiger partial charge in [0.2, 0.25) is 0 Å². The first-order chi connectivity index (χ1) is 10.7. The topological polar surface area (TPSA) is 42.2 Å². The third-order valence-corrected chi connectivity index (χ3v) is 4.86. The van der Waals surface area contributed by atoms with E-state index in [4.69, 9.17) is 4.42 Å². The number of anilines is 1. The van der Waals surface area contributed by atoms with Crippen LogP contribution in [0.4, 0.5) is 5.82 Å². The fourth-order valence-electron chi connectivity index (χ4n) is 2.64. The van der Waals surface area contributed by atoms with E-state index >= 15 is 0 Å². The predicted molar refractivity (Wildman–Crippen MR) is 90.5 cm³/mol. The van der Waals surface area contributed by atoms with E-state index in [9.17, 15) is 0 Å². The van der Waals surface area contributed by atoms with Gasteiger partial charge in [-0.25, -0.2) is 9.97 Å². The molecule has 1 aromatic carbocycles. The van der Waals surface area contributed by atoms with E-state index in [0.29, 0.717) is 0 Å². The predicted octanol–water partition coefficient (Wildman–Crippen LogP) is 4.38. The monoisotopic (exact) mass is 309 g/mol. The van der Waals surface area contributed by atoms with E-state index < -0.39 is 0 Å². The zero-order chi connectivity index (χ0) is 15.1. The van der Waals surface area contributed by atoms with Gasteiger partial charge in [-0.3, -0.25) is 0 Å². The van der Waals surface area contributed by atoms with Crippen molar-refractivity contribution in [3.8, 4) is 0 Å². The van der Waals surface area contributed by atoms with Crippen LogP contribution in [0.25, 0.3) is 22.1 Å². The number of para-hydroxylation sites is 1. The minimum Gasteiger partial charge on any atom is -0.450 e. The summed E-state index contributed by atoms with van der Waals surface area (Å²) in [5.41, 5.74) is 3.78. The normalized spacial score (nSPS) is 11.4. The molecule has 5 heteroatoms. The summed E-state index contributed by atoms with van der Waals surface area (Å²) in [6.07, 6.45) is 1.61. The summed E-state index contributed by atoms with van der Waals surface area (Å²) in [5, 5.41) is 3.15. The van der Waals surface area contributed by atoms with Crippen LogP contribution in [0.3, 0.4) is 0 Å². The number of benzene rings is 1. The van der Waals surface area contributed by atoms with E-state index in [2.05, 4.69) is 33.2 Å². The molecule has 0 bridgehead atoms.